The van der Waals surface area contributed by atoms with E-state index < -0.39 is 0 Å². The Hall–Kier alpha value is -6.90. The average molecular weight is 735 g/mol. The van der Waals surface area contributed by atoms with Gasteiger partial charge < -0.3 is 9.13 Å². The smallest absolute Gasteiger partial charge is 0.0547 e. The van der Waals surface area contributed by atoms with Crippen LogP contribution < -0.4 is 10.6 Å². The summed E-state index contributed by atoms with van der Waals surface area (Å²) in [5.74, 6) is 0.0283. The molecule has 0 bridgehead atoms. The molecule has 8 aromatic rings. The van der Waals surface area contributed by atoms with Gasteiger partial charge in [0.25, 0.3) is 0 Å². The van der Waals surface area contributed by atoms with Gasteiger partial charge >= 0.3 is 0 Å². The van der Waals surface area contributed by atoms with Gasteiger partial charge in [-0.3, -0.25) is 0 Å². The van der Waals surface area contributed by atoms with Gasteiger partial charge in [-0.1, -0.05) is 172 Å². The Morgan fingerprint density at radius 1 is 0.702 bits per heavy atom. The van der Waals surface area contributed by atoms with Crippen LogP contribution in [0.1, 0.15) is 43.4 Å². The van der Waals surface area contributed by atoms with Crippen LogP contribution in [0.4, 0.5) is 0 Å². The minimum atomic E-state index is 0.0283. The molecule has 10 rings (SSSR count). The molecule has 0 fully saturated rings. The predicted octanol–water partition coefficient (Wildman–Crippen LogP) is 13.2. The number of para-hydroxylation sites is 3. The molecule has 2 aromatic heterocycles. The molecule has 57 heavy (non-hydrogen) atoms. The summed E-state index contributed by atoms with van der Waals surface area (Å²) in [6, 6.07) is 44.4. The van der Waals surface area contributed by atoms with Crippen molar-refractivity contribution in [3.63, 3.8) is 0 Å². The van der Waals surface area contributed by atoms with Gasteiger partial charge in [-0.05, 0) is 94.4 Å². The second-order valence-corrected chi connectivity index (χ2v) is 14.3. The van der Waals surface area contributed by atoms with Crippen molar-refractivity contribution in [1.82, 2.24) is 9.13 Å². The van der Waals surface area contributed by atoms with Crippen LogP contribution in [0, 0.1) is 0 Å². The van der Waals surface area contributed by atoms with Crippen LogP contribution in [0.5, 0.6) is 0 Å². The number of fused-ring (bicyclic) bond motifs is 8. The molecular weight excluding hydrogens is 689 g/mol. The number of hydrogen-bond acceptors (Lipinski definition) is 0. The highest BCUT2D eigenvalue weighted by Gasteiger charge is 2.24. The van der Waals surface area contributed by atoms with Crippen molar-refractivity contribution in [2.45, 2.75) is 33.1 Å². The van der Waals surface area contributed by atoms with E-state index in [0.29, 0.717) is 0 Å². The van der Waals surface area contributed by atoms with E-state index in [9.17, 15) is 0 Å². The standard InChI is InChI=1S/C53H40N2.C2H6/c1-3-5-20-38(4-2)54-48-30-16-14-23-40(48)42-29-18-19-36(34-50(42)54)52-44-25-10-7-11-26-45(44)53(47-28-13-12-27-46(47)52)37-32-33-43-41-24-15-17-31-49(41)55(51(43)35-37)39-21-8-6-9-22-39;1-2/h3-25,27-36H,1,26H2,2H3;1-2H3/b20-5-,38-4+;. The quantitative estimate of drug-likeness (QED) is 0.151. The third-order valence-corrected chi connectivity index (χ3v) is 11.4. The van der Waals surface area contributed by atoms with E-state index >= 15 is 0 Å². The minimum Gasteiger partial charge on any atom is -0.310 e. The van der Waals surface area contributed by atoms with Gasteiger partial charge in [-0.2, -0.15) is 0 Å². The summed E-state index contributed by atoms with van der Waals surface area (Å²) in [6.45, 7) is 10.1. The summed E-state index contributed by atoms with van der Waals surface area (Å²) < 4.78 is 4.83. The molecule has 6 aromatic carbocycles. The molecular formula is C55H46N2. The summed E-state index contributed by atoms with van der Waals surface area (Å²) in [6.07, 6.45) is 27.6. The maximum absolute atomic E-state index is 3.95. The molecule has 0 amide bonds. The molecule has 2 aliphatic carbocycles. The lowest BCUT2D eigenvalue weighted by molar-refractivity contribution is 1.07. The Kier molecular flexibility index (Phi) is 9.62. The highest BCUT2D eigenvalue weighted by atomic mass is 15.0. The van der Waals surface area contributed by atoms with Gasteiger partial charge in [0.2, 0.25) is 0 Å². The zero-order valence-electron chi connectivity index (χ0n) is 32.9. The van der Waals surface area contributed by atoms with Gasteiger partial charge in [-0.25, -0.2) is 0 Å². The van der Waals surface area contributed by atoms with Gasteiger partial charge in [0, 0.05) is 38.7 Å². The first-order valence-electron chi connectivity index (χ1n) is 20.2. The SMILES string of the molecule is C=C/C=C\C(=C/C)n1c2c(c3ccccc31)=CC=CC(c1c3c(c(-c4ccc5c6ccccc6n(-c6ccccc6)c5c4)c4ccccc14)CC=CC=C3)C=2.CC. The molecule has 2 aliphatic rings. The fraction of sp³-hybridized carbons (Fsp3) is 0.0909. The van der Waals surface area contributed by atoms with Crippen molar-refractivity contribution < 1.29 is 0 Å². The van der Waals surface area contributed by atoms with Gasteiger partial charge in [-0.15, -0.1) is 0 Å². The first-order valence-corrected chi connectivity index (χ1v) is 20.2. The van der Waals surface area contributed by atoms with Crippen LogP contribution >= 0.6 is 0 Å². The Morgan fingerprint density at radius 2 is 1.40 bits per heavy atom. The first-order chi connectivity index (χ1) is 28.2. The molecule has 2 heteroatoms. The number of hydrogen-bond donors (Lipinski definition) is 0. The number of benzene rings is 6. The molecule has 0 radical (unpaired) electrons. The number of allylic oxidation sites excluding steroid dienone is 10. The second kappa shape index (κ2) is 15.3. The Labute approximate surface area is 335 Å². The van der Waals surface area contributed by atoms with Crippen molar-refractivity contribution in [3.05, 3.63) is 210 Å². The summed E-state index contributed by atoms with van der Waals surface area (Å²) in [4.78, 5) is 0. The van der Waals surface area contributed by atoms with Crippen LogP contribution in [-0.4, -0.2) is 9.13 Å². The lowest BCUT2D eigenvalue weighted by atomic mass is 9.80. The lowest BCUT2D eigenvalue weighted by Crippen LogP contribution is -2.29. The summed E-state index contributed by atoms with van der Waals surface area (Å²) in [5.41, 5.74) is 12.5. The monoisotopic (exact) mass is 734 g/mol. The van der Waals surface area contributed by atoms with Gasteiger partial charge in [0.05, 0.1) is 21.9 Å². The largest absolute Gasteiger partial charge is 0.310 e. The predicted molar refractivity (Wildman–Crippen MR) is 248 cm³/mol. The molecule has 0 saturated carbocycles. The molecule has 1 unspecified atom stereocenters. The van der Waals surface area contributed by atoms with Crippen LogP contribution in [0.25, 0.3) is 84.2 Å². The maximum Gasteiger partial charge on any atom is 0.0547 e. The Balaban J connectivity index is 0.00000208. The zero-order chi connectivity index (χ0) is 38.9. The van der Waals surface area contributed by atoms with Crippen LogP contribution in [0.3, 0.4) is 0 Å². The van der Waals surface area contributed by atoms with E-state index in [2.05, 4.69) is 205 Å². The van der Waals surface area contributed by atoms with Crippen molar-refractivity contribution in [3.8, 4) is 16.8 Å². The van der Waals surface area contributed by atoms with Crippen LogP contribution in [-0.2, 0) is 6.42 Å². The van der Waals surface area contributed by atoms with Gasteiger partial charge in [0.15, 0.2) is 0 Å². The third kappa shape index (κ3) is 5.97. The molecule has 1 atom stereocenters. The summed E-state index contributed by atoms with van der Waals surface area (Å²) >= 11 is 0. The molecule has 0 N–H and O–H groups in total. The van der Waals surface area contributed by atoms with Crippen molar-refractivity contribution in [1.29, 1.82) is 0 Å². The zero-order valence-corrected chi connectivity index (χ0v) is 32.9. The van der Waals surface area contributed by atoms with Gasteiger partial charge in [0.1, 0.15) is 0 Å². The molecule has 0 saturated heterocycles. The van der Waals surface area contributed by atoms with E-state index in [4.69, 9.17) is 0 Å². The van der Waals surface area contributed by atoms with E-state index in [1.165, 1.54) is 87.6 Å². The average Bonchev–Trinajstić information content (AvgIpc) is 3.49. The molecule has 2 heterocycles. The number of aromatic nitrogens is 2. The number of nitrogens with zero attached hydrogens (tertiary/aromatic N) is 2. The minimum absolute atomic E-state index is 0.0283. The fourth-order valence-electron chi connectivity index (χ4n) is 9.08. The van der Waals surface area contributed by atoms with Crippen molar-refractivity contribution in [2.24, 2.45) is 0 Å². The van der Waals surface area contributed by atoms with Crippen molar-refractivity contribution in [2.75, 3.05) is 0 Å². The van der Waals surface area contributed by atoms with E-state index in [0.717, 1.165) is 12.1 Å². The van der Waals surface area contributed by atoms with E-state index in [-0.39, 0.29) is 5.92 Å². The van der Waals surface area contributed by atoms with Crippen LogP contribution in [0.2, 0.25) is 0 Å². The summed E-state index contributed by atoms with van der Waals surface area (Å²) in [7, 11) is 0. The first kappa shape index (κ1) is 35.8. The molecule has 276 valence electrons. The molecule has 0 spiro atoms. The fourth-order valence-corrected chi connectivity index (χ4v) is 9.08. The molecule has 0 aliphatic heterocycles. The third-order valence-electron chi connectivity index (χ3n) is 11.4. The van der Waals surface area contributed by atoms with Crippen molar-refractivity contribution >= 4 is 67.4 Å². The topological polar surface area (TPSA) is 9.86 Å². The van der Waals surface area contributed by atoms with E-state index in [1.54, 1.807) is 0 Å². The lowest BCUT2D eigenvalue weighted by Gasteiger charge is -2.23. The Bertz CT molecular complexity index is 3140. The summed E-state index contributed by atoms with van der Waals surface area (Å²) in [5, 5.41) is 8.78. The highest BCUT2D eigenvalue weighted by molar-refractivity contribution is 6.12. The Morgan fingerprint density at radius 3 is 2.19 bits per heavy atom. The highest BCUT2D eigenvalue weighted by Crippen LogP contribution is 2.44. The number of rotatable bonds is 6. The normalized spacial score (nSPS) is 14.9. The van der Waals surface area contributed by atoms with Crippen LogP contribution in [0.15, 0.2) is 183 Å². The van der Waals surface area contributed by atoms with E-state index in [1.807, 2.05) is 26.0 Å². The molecule has 2 nitrogen and oxygen atoms in total. The maximum atomic E-state index is 3.95. The second-order valence-electron chi connectivity index (χ2n) is 14.3.